The number of anilines is 1. The van der Waals surface area contributed by atoms with Gasteiger partial charge in [-0.1, -0.05) is 12.1 Å². The van der Waals surface area contributed by atoms with Gasteiger partial charge in [0.25, 0.3) is 0 Å². The molecule has 0 aliphatic rings. The van der Waals surface area contributed by atoms with E-state index in [-0.39, 0.29) is 18.7 Å². The van der Waals surface area contributed by atoms with Crippen molar-refractivity contribution in [3.8, 4) is 0 Å². The molecule has 1 rings (SSSR count). The quantitative estimate of drug-likeness (QED) is 0.828. The molecule has 0 fully saturated rings. The van der Waals surface area contributed by atoms with E-state index in [0.29, 0.717) is 13.2 Å². The SMILES string of the molecule is CCOCc1ccc(NC(=O)N(C)C(C)CO)cc1. The number of benzene rings is 1. The van der Waals surface area contributed by atoms with Crippen molar-refractivity contribution in [3.05, 3.63) is 29.8 Å². The van der Waals surface area contributed by atoms with Crippen molar-refractivity contribution in [1.29, 1.82) is 0 Å². The first-order chi connectivity index (χ1) is 9.08. The highest BCUT2D eigenvalue weighted by atomic mass is 16.5. The molecule has 5 heteroatoms. The lowest BCUT2D eigenvalue weighted by Crippen LogP contribution is -2.40. The van der Waals surface area contributed by atoms with Crippen LogP contribution in [0.5, 0.6) is 0 Å². The summed E-state index contributed by atoms with van der Waals surface area (Å²) in [6, 6.07) is 7.06. The fraction of sp³-hybridized carbons (Fsp3) is 0.500. The van der Waals surface area contributed by atoms with Gasteiger partial charge in [-0.3, -0.25) is 0 Å². The van der Waals surface area contributed by atoms with Crippen molar-refractivity contribution in [2.24, 2.45) is 0 Å². The van der Waals surface area contributed by atoms with E-state index in [1.54, 1.807) is 14.0 Å². The molecule has 0 heterocycles. The number of urea groups is 1. The summed E-state index contributed by atoms with van der Waals surface area (Å²) >= 11 is 0. The summed E-state index contributed by atoms with van der Waals surface area (Å²) in [4.78, 5) is 13.3. The number of aliphatic hydroxyl groups excluding tert-OH is 1. The smallest absolute Gasteiger partial charge is 0.321 e. The Morgan fingerprint density at radius 2 is 2.05 bits per heavy atom. The van der Waals surface area contributed by atoms with Gasteiger partial charge in [-0.2, -0.15) is 0 Å². The van der Waals surface area contributed by atoms with Gasteiger partial charge in [0, 0.05) is 19.3 Å². The Labute approximate surface area is 114 Å². The maximum absolute atomic E-state index is 11.8. The Morgan fingerprint density at radius 3 is 2.58 bits per heavy atom. The number of ether oxygens (including phenoxy) is 1. The van der Waals surface area contributed by atoms with Gasteiger partial charge in [0.1, 0.15) is 0 Å². The fourth-order valence-corrected chi connectivity index (χ4v) is 1.44. The van der Waals surface area contributed by atoms with E-state index < -0.39 is 0 Å². The monoisotopic (exact) mass is 266 g/mol. The average Bonchev–Trinajstić information content (AvgIpc) is 2.44. The molecule has 1 aromatic rings. The summed E-state index contributed by atoms with van der Waals surface area (Å²) in [5.74, 6) is 0. The second-order valence-electron chi connectivity index (χ2n) is 4.41. The molecule has 1 aromatic carbocycles. The normalized spacial score (nSPS) is 12.0. The summed E-state index contributed by atoms with van der Waals surface area (Å²) in [6.45, 7) is 4.93. The van der Waals surface area contributed by atoms with E-state index in [2.05, 4.69) is 5.32 Å². The van der Waals surface area contributed by atoms with E-state index in [1.807, 2.05) is 31.2 Å². The van der Waals surface area contributed by atoms with Crippen LogP contribution in [0.3, 0.4) is 0 Å². The summed E-state index contributed by atoms with van der Waals surface area (Å²) < 4.78 is 5.30. The van der Waals surface area contributed by atoms with Crippen molar-refractivity contribution < 1.29 is 14.6 Å². The Bertz CT molecular complexity index is 392. The zero-order valence-electron chi connectivity index (χ0n) is 11.7. The third-order valence-electron chi connectivity index (χ3n) is 2.92. The van der Waals surface area contributed by atoms with Crippen LogP contribution >= 0.6 is 0 Å². The number of amides is 2. The lowest BCUT2D eigenvalue weighted by atomic mass is 10.2. The number of nitrogens with zero attached hydrogens (tertiary/aromatic N) is 1. The van der Waals surface area contributed by atoms with E-state index >= 15 is 0 Å². The fourth-order valence-electron chi connectivity index (χ4n) is 1.44. The lowest BCUT2D eigenvalue weighted by molar-refractivity contribution is 0.134. The van der Waals surface area contributed by atoms with Gasteiger partial charge in [-0.15, -0.1) is 0 Å². The molecule has 0 saturated carbocycles. The predicted octanol–water partition coefficient (Wildman–Crippen LogP) is 2.07. The van der Waals surface area contributed by atoms with Gasteiger partial charge in [0.2, 0.25) is 0 Å². The number of hydrogen-bond donors (Lipinski definition) is 2. The molecule has 0 bridgehead atoms. The van der Waals surface area contributed by atoms with Crippen LogP contribution < -0.4 is 5.32 Å². The van der Waals surface area contributed by atoms with Gasteiger partial charge < -0.3 is 20.1 Å². The highest BCUT2D eigenvalue weighted by molar-refractivity contribution is 5.89. The van der Waals surface area contributed by atoms with E-state index in [4.69, 9.17) is 9.84 Å². The highest BCUT2D eigenvalue weighted by Crippen LogP contribution is 2.11. The zero-order chi connectivity index (χ0) is 14.3. The Morgan fingerprint density at radius 1 is 1.42 bits per heavy atom. The van der Waals surface area contributed by atoms with Crippen molar-refractivity contribution in [1.82, 2.24) is 4.90 Å². The van der Waals surface area contributed by atoms with Gasteiger partial charge in [-0.25, -0.2) is 4.79 Å². The Balaban J connectivity index is 2.55. The van der Waals surface area contributed by atoms with Crippen molar-refractivity contribution in [2.45, 2.75) is 26.5 Å². The van der Waals surface area contributed by atoms with Crippen LogP contribution in [0.25, 0.3) is 0 Å². The molecule has 2 amide bonds. The number of aliphatic hydroxyl groups is 1. The molecule has 106 valence electrons. The molecule has 1 unspecified atom stereocenters. The van der Waals surface area contributed by atoms with Crippen LogP contribution in [0, 0.1) is 0 Å². The number of carbonyl (C=O) groups is 1. The summed E-state index contributed by atoms with van der Waals surface area (Å²) in [7, 11) is 1.65. The summed E-state index contributed by atoms with van der Waals surface area (Å²) in [5.41, 5.74) is 1.79. The molecule has 2 N–H and O–H groups in total. The van der Waals surface area contributed by atoms with E-state index in [0.717, 1.165) is 11.3 Å². The van der Waals surface area contributed by atoms with Crippen molar-refractivity contribution >= 4 is 11.7 Å². The topological polar surface area (TPSA) is 61.8 Å². The van der Waals surface area contributed by atoms with Crippen LogP contribution in [0.1, 0.15) is 19.4 Å². The minimum absolute atomic E-state index is 0.0583. The van der Waals surface area contributed by atoms with Gasteiger partial charge in [0.15, 0.2) is 0 Å². The Kier molecular flexibility index (Phi) is 6.32. The number of likely N-dealkylation sites (N-methyl/N-ethyl adjacent to an activating group) is 1. The van der Waals surface area contributed by atoms with Crippen molar-refractivity contribution in [3.63, 3.8) is 0 Å². The molecule has 0 aliphatic heterocycles. The van der Waals surface area contributed by atoms with E-state index in [9.17, 15) is 4.79 Å². The lowest BCUT2D eigenvalue weighted by Gasteiger charge is -2.23. The number of hydrogen-bond acceptors (Lipinski definition) is 3. The first kappa shape index (κ1) is 15.5. The second kappa shape index (κ2) is 7.76. The molecule has 19 heavy (non-hydrogen) atoms. The van der Waals surface area contributed by atoms with Gasteiger partial charge in [-0.05, 0) is 31.5 Å². The van der Waals surface area contributed by atoms with Crippen LogP contribution in [-0.2, 0) is 11.3 Å². The zero-order valence-corrected chi connectivity index (χ0v) is 11.7. The molecule has 0 radical (unpaired) electrons. The molecular weight excluding hydrogens is 244 g/mol. The first-order valence-corrected chi connectivity index (χ1v) is 6.39. The van der Waals surface area contributed by atoms with Crippen molar-refractivity contribution in [2.75, 3.05) is 25.6 Å². The maximum Gasteiger partial charge on any atom is 0.321 e. The Hall–Kier alpha value is -1.59. The standard InChI is InChI=1S/C14H22N2O3/c1-4-19-10-12-5-7-13(8-6-12)15-14(18)16(3)11(2)9-17/h5-8,11,17H,4,9-10H2,1-3H3,(H,15,18). The summed E-state index contributed by atoms with van der Waals surface area (Å²) in [6.07, 6.45) is 0. The molecule has 0 aliphatic carbocycles. The molecule has 0 aromatic heterocycles. The molecule has 0 spiro atoms. The minimum Gasteiger partial charge on any atom is -0.394 e. The van der Waals surface area contributed by atoms with Crippen LogP contribution in [-0.4, -0.2) is 42.3 Å². The first-order valence-electron chi connectivity index (χ1n) is 6.39. The molecule has 1 atom stereocenters. The molecular formula is C14H22N2O3. The molecule has 0 saturated heterocycles. The number of rotatable bonds is 6. The van der Waals surface area contributed by atoms with Gasteiger partial charge in [0.05, 0.1) is 19.3 Å². The predicted molar refractivity (Wildman–Crippen MR) is 75.1 cm³/mol. The molecule has 5 nitrogen and oxygen atoms in total. The van der Waals surface area contributed by atoms with E-state index in [1.165, 1.54) is 4.90 Å². The third-order valence-corrected chi connectivity index (χ3v) is 2.92. The number of carbonyl (C=O) groups excluding carboxylic acids is 1. The van der Waals surface area contributed by atoms with Crippen LogP contribution in [0.15, 0.2) is 24.3 Å². The summed E-state index contributed by atoms with van der Waals surface area (Å²) in [5, 5.41) is 11.8. The minimum atomic E-state index is -0.237. The largest absolute Gasteiger partial charge is 0.394 e. The van der Waals surface area contributed by atoms with Gasteiger partial charge >= 0.3 is 6.03 Å². The van der Waals surface area contributed by atoms with Crippen LogP contribution in [0.2, 0.25) is 0 Å². The van der Waals surface area contributed by atoms with Crippen LogP contribution in [0.4, 0.5) is 10.5 Å². The average molecular weight is 266 g/mol. The third kappa shape index (κ3) is 4.89. The maximum atomic E-state index is 11.8. The number of nitrogens with one attached hydrogen (secondary N) is 1. The second-order valence-corrected chi connectivity index (χ2v) is 4.41. The highest BCUT2D eigenvalue weighted by Gasteiger charge is 2.14.